The zero-order chi connectivity index (χ0) is 15.1. The summed E-state index contributed by atoms with van der Waals surface area (Å²) in [6.45, 7) is 6.44. The summed E-state index contributed by atoms with van der Waals surface area (Å²) in [5, 5.41) is 16.1. The Balaban J connectivity index is 2.35. The summed E-state index contributed by atoms with van der Waals surface area (Å²) >= 11 is 1.20. The lowest BCUT2D eigenvalue weighted by atomic mass is 10.3. The Bertz CT molecular complexity index is 461. The molecule has 1 atom stereocenters. The van der Waals surface area contributed by atoms with E-state index in [0.717, 1.165) is 0 Å². The zero-order valence-corrected chi connectivity index (χ0v) is 12.5. The van der Waals surface area contributed by atoms with Gasteiger partial charge in [-0.25, -0.2) is 14.6 Å². The Morgan fingerprint density at radius 2 is 2.15 bits per heavy atom. The fourth-order valence-corrected chi connectivity index (χ4v) is 2.15. The summed E-state index contributed by atoms with van der Waals surface area (Å²) in [6, 6.07) is -0.684. The van der Waals surface area contributed by atoms with Gasteiger partial charge in [-0.2, -0.15) is 0 Å². The molecule has 0 aromatic carbocycles. The number of carbonyl (C=O) groups is 2. The molecular weight excluding hydrogens is 282 g/mol. The number of urea groups is 1. The van der Waals surface area contributed by atoms with Crippen molar-refractivity contribution in [3.8, 4) is 0 Å². The number of aromatic carboxylic acids is 1. The molecule has 1 unspecified atom stereocenters. The Morgan fingerprint density at radius 1 is 1.45 bits per heavy atom. The van der Waals surface area contributed by atoms with Crippen LogP contribution in [0, 0.1) is 0 Å². The second-order valence-corrected chi connectivity index (χ2v) is 5.31. The third kappa shape index (κ3) is 5.54. The first kappa shape index (κ1) is 16.4. The number of carbonyl (C=O) groups excluding carboxylic acids is 1. The Hall–Kier alpha value is -1.67. The lowest BCUT2D eigenvalue weighted by Gasteiger charge is -2.13. The molecule has 0 aliphatic rings. The number of amides is 2. The molecule has 0 spiro atoms. The van der Waals surface area contributed by atoms with Crippen molar-refractivity contribution in [2.75, 3.05) is 13.2 Å². The van der Waals surface area contributed by atoms with Crippen molar-refractivity contribution in [3.63, 3.8) is 0 Å². The van der Waals surface area contributed by atoms with Crippen LogP contribution in [0.4, 0.5) is 4.79 Å². The Kier molecular flexibility index (Phi) is 6.40. The van der Waals surface area contributed by atoms with Crippen LogP contribution in [0.3, 0.4) is 0 Å². The molecule has 0 aliphatic carbocycles. The van der Waals surface area contributed by atoms with Gasteiger partial charge in [0.1, 0.15) is 5.01 Å². The smallest absolute Gasteiger partial charge is 0.355 e. The molecule has 7 nitrogen and oxygen atoms in total. The van der Waals surface area contributed by atoms with Gasteiger partial charge in [0, 0.05) is 11.9 Å². The van der Waals surface area contributed by atoms with Crippen LogP contribution in [0.2, 0.25) is 0 Å². The van der Waals surface area contributed by atoms with E-state index >= 15 is 0 Å². The molecule has 1 aromatic rings. The number of hydrogen-bond acceptors (Lipinski definition) is 5. The van der Waals surface area contributed by atoms with E-state index in [9.17, 15) is 9.59 Å². The molecule has 3 N–H and O–H groups in total. The quantitative estimate of drug-likeness (QED) is 0.664. The molecule has 0 bridgehead atoms. The van der Waals surface area contributed by atoms with E-state index in [1.165, 1.54) is 16.7 Å². The molecule has 0 aliphatic heterocycles. The summed E-state index contributed by atoms with van der Waals surface area (Å²) in [4.78, 5) is 26.2. The number of nitrogens with zero attached hydrogens (tertiary/aromatic N) is 1. The van der Waals surface area contributed by atoms with Crippen molar-refractivity contribution in [1.29, 1.82) is 0 Å². The lowest BCUT2D eigenvalue weighted by Crippen LogP contribution is -2.38. The van der Waals surface area contributed by atoms with Gasteiger partial charge in [-0.15, -0.1) is 11.3 Å². The number of nitrogens with one attached hydrogen (secondary N) is 2. The molecule has 1 rings (SSSR count). The van der Waals surface area contributed by atoms with Crippen LogP contribution in [0.25, 0.3) is 0 Å². The zero-order valence-electron chi connectivity index (χ0n) is 11.7. The number of carboxylic acid groups (broad SMARTS) is 1. The van der Waals surface area contributed by atoms with Crippen LogP contribution >= 0.6 is 11.3 Å². The number of thiazole rings is 1. The molecule has 0 radical (unpaired) electrons. The van der Waals surface area contributed by atoms with Crippen molar-refractivity contribution < 1.29 is 19.4 Å². The fraction of sp³-hybridized carbons (Fsp3) is 0.583. The first-order chi connectivity index (χ1) is 9.40. The topological polar surface area (TPSA) is 101 Å². The molecular formula is C12H19N3O4S. The average Bonchev–Trinajstić information content (AvgIpc) is 2.84. The van der Waals surface area contributed by atoms with Gasteiger partial charge in [-0.3, -0.25) is 0 Å². The highest BCUT2D eigenvalue weighted by atomic mass is 32.1. The number of carboxylic acids is 1. The van der Waals surface area contributed by atoms with E-state index in [2.05, 4.69) is 15.6 Å². The van der Waals surface area contributed by atoms with Crippen molar-refractivity contribution in [2.45, 2.75) is 32.9 Å². The van der Waals surface area contributed by atoms with Gasteiger partial charge in [0.05, 0.1) is 18.8 Å². The third-order valence-corrected chi connectivity index (χ3v) is 3.33. The summed E-state index contributed by atoms with van der Waals surface area (Å²) in [6.07, 6.45) is 0.128. The van der Waals surface area contributed by atoms with Crippen LogP contribution in [0.15, 0.2) is 5.38 Å². The van der Waals surface area contributed by atoms with Crippen LogP contribution in [0.5, 0.6) is 0 Å². The van der Waals surface area contributed by atoms with Gasteiger partial charge in [0.15, 0.2) is 5.69 Å². The minimum atomic E-state index is -1.07. The maximum Gasteiger partial charge on any atom is 0.355 e. The van der Waals surface area contributed by atoms with E-state index in [1.54, 1.807) is 6.92 Å². The van der Waals surface area contributed by atoms with Crippen LogP contribution < -0.4 is 10.6 Å². The molecule has 8 heteroatoms. The highest BCUT2D eigenvalue weighted by molar-refractivity contribution is 7.09. The number of hydrogen-bond donors (Lipinski definition) is 3. The summed E-state index contributed by atoms with van der Waals surface area (Å²) in [5.41, 5.74) is -0.00982. The Labute approximate surface area is 121 Å². The van der Waals surface area contributed by atoms with E-state index in [0.29, 0.717) is 18.2 Å². The number of ether oxygens (including phenoxy) is 1. The predicted molar refractivity (Wildman–Crippen MR) is 75.1 cm³/mol. The number of rotatable bonds is 7. The van der Waals surface area contributed by atoms with Gasteiger partial charge in [-0.1, -0.05) is 0 Å². The van der Waals surface area contributed by atoms with Crippen molar-refractivity contribution >= 4 is 23.3 Å². The van der Waals surface area contributed by atoms with Crippen molar-refractivity contribution in [2.24, 2.45) is 0 Å². The normalized spacial score (nSPS) is 12.2. The van der Waals surface area contributed by atoms with Crippen molar-refractivity contribution in [1.82, 2.24) is 15.6 Å². The van der Waals surface area contributed by atoms with Crippen molar-refractivity contribution in [3.05, 3.63) is 16.1 Å². The largest absolute Gasteiger partial charge is 0.476 e. The van der Waals surface area contributed by atoms with E-state index in [1.807, 2.05) is 13.8 Å². The van der Waals surface area contributed by atoms with Gasteiger partial charge >= 0.3 is 12.0 Å². The minimum Gasteiger partial charge on any atom is -0.476 e. The second kappa shape index (κ2) is 7.81. The van der Waals surface area contributed by atoms with E-state index < -0.39 is 5.97 Å². The SMILES string of the molecule is CC(C)OCCNC(=O)NC(C)c1nc(C(=O)O)cs1. The molecule has 112 valence electrons. The highest BCUT2D eigenvalue weighted by Crippen LogP contribution is 2.17. The van der Waals surface area contributed by atoms with Gasteiger partial charge in [-0.05, 0) is 20.8 Å². The lowest BCUT2D eigenvalue weighted by molar-refractivity contribution is 0.0691. The predicted octanol–water partition coefficient (Wildman–Crippen LogP) is 1.63. The maximum absolute atomic E-state index is 11.6. The number of aromatic nitrogens is 1. The van der Waals surface area contributed by atoms with Crippen LogP contribution in [0.1, 0.15) is 42.3 Å². The molecule has 0 saturated carbocycles. The molecule has 0 saturated heterocycles. The average molecular weight is 301 g/mol. The molecule has 0 fully saturated rings. The fourth-order valence-electron chi connectivity index (χ4n) is 1.35. The van der Waals surface area contributed by atoms with Crippen LogP contribution in [-0.4, -0.2) is 41.3 Å². The molecule has 2 amide bonds. The van der Waals surface area contributed by atoms with Gasteiger partial charge in [0.2, 0.25) is 0 Å². The van der Waals surface area contributed by atoms with Crippen LogP contribution in [-0.2, 0) is 4.74 Å². The molecule has 1 aromatic heterocycles. The summed E-state index contributed by atoms with van der Waals surface area (Å²) < 4.78 is 5.29. The third-order valence-electron chi connectivity index (χ3n) is 2.30. The molecule has 1 heterocycles. The van der Waals surface area contributed by atoms with E-state index in [4.69, 9.17) is 9.84 Å². The summed E-state index contributed by atoms with van der Waals surface area (Å²) in [5.74, 6) is -1.07. The summed E-state index contributed by atoms with van der Waals surface area (Å²) in [7, 11) is 0. The highest BCUT2D eigenvalue weighted by Gasteiger charge is 2.15. The first-order valence-electron chi connectivity index (χ1n) is 6.24. The van der Waals surface area contributed by atoms with E-state index in [-0.39, 0.29) is 23.9 Å². The standard InChI is InChI=1S/C12H19N3O4S/c1-7(2)19-5-4-13-12(18)14-8(3)10-15-9(6-20-10)11(16)17/h6-8H,4-5H2,1-3H3,(H,16,17)(H2,13,14,18). The molecule has 20 heavy (non-hydrogen) atoms. The Morgan fingerprint density at radius 3 is 2.70 bits per heavy atom. The maximum atomic E-state index is 11.6. The monoisotopic (exact) mass is 301 g/mol. The van der Waals surface area contributed by atoms with Gasteiger partial charge in [0.25, 0.3) is 0 Å². The second-order valence-electron chi connectivity index (χ2n) is 4.42. The minimum absolute atomic E-state index is 0.00982. The first-order valence-corrected chi connectivity index (χ1v) is 7.12. The van der Waals surface area contributed by atoms with Gasteiger partial charge < -0.3 is 20.5 Å².